The van der Waals surface area contributed by atoms with Gasteiger partial charge in [-0.1, -0.05) is 49.4 Å². The van der Waals surface area contributed by atoms with Crippen LogP contribution < -0.4 is 28.8 Å². The lowest BCUT2D eigenvalue weighted by Gasteiger charge is -2.17. The summed E-state index contributed by atoms with van der Waals surface area (Å²) in [5, 5.41) is 0. The number of aryl methyl sites for hydroxylation is 1. The molecule has 1 heterocycles. The molecule has 1 aromatic heterocycles. The quantitative estimate of drug-likeness (QED) is 0.365. The SMILES string of the molecule is CCc1[nH]c(=O)c(-c2ccccc2)c(C)[n+]1-c1ccccc1C(=O)OC.[O-][Cl+3]([O-])([O-])[O-]. The number of nitrogens with one attached hydrogen (secondary N) is 1. The molecule has 0 aliphatic heterocycles. The topological polar surface area (TPSA) is 155 Å². The van der Waals surface area contributed by atoms with Gasteiger partial charge >= 0.3 is 11.5 Å². The minimum absolute atomic E-state index is 0.141. The molecule has 3 aromatic rings. The van der Waals surface area contributed by atoms with Crippen LogP contribution in [0, 0.1) is 17.2 Å². The van der Waals surface area contributed by atoms with Crippen LogP contribution in [0.1, 0.15) is 28.8 Å². The summed E-state index contributed by atoms with van der Waals surface area (Å²) in [6.07, 6.45) is 0.612. The van der Waals surface area contributed by atoms with Crippen molar-refractivity contribution in [2.24, 2.45) is 0 Å². The number of hydrogen-bond acceptors (Lipinski definition) is 7. The third-order valence-corrected chi connectivity index (χ3v) is 4.40. The van der Waals surface area contributed by atoms with Crippen molar-refractivity contribution in [2.75, 3.05) is 7.11 Å². The first-order valence-electron chi connectivity index (χ1n) is 9.11. The van der Waals surface area contributed by atoms with Crippen LogP contribution in [0.4, 0.5) is 0 Å². The summed E-state index contributed by atoms with van der Waals surface area (Å²) in [5.74, 6) is 0.311. The Morgan fingerprint density at radius 2 is 1.58 bits per heavy atom. The summed E-state index contributed by atoms with van der Waals surface area (Å²) in [6.45, 7) is 3.86. The lowest BCUT2D eigenvalue weighted by molar-refractivity contribution is -2.00. The molecule has 0 amide bonds. The Hall–Kier alpha value is -3.08. The molecule has 0 saturated heterocycles. The fourth-order valence-corrected chi connectivity index (χ4v) is 3.20. The molecule has 0 aliphatic rings. The molecule has 0 saturated carbocycles. The van der Waals surface area contributed by atoms with Gasteiger partial charge in [-0.2, -0.15) is 4.57 Å². The number of carbonyl (C=O) groups excluding carboxylic acids is 1. The predicted molar refractivity (Wildman–Crippen MR) is 99.5 cm³/mol. The van der Waals surface area contributed by atoms with Crippen molar-refractivity contribution in [3.8, 4) is 16.8 Å². The van der Waals surface area contributed by atoms with Crippen LogP contribution in [0.15, 0.2) is 59.4 Å². The number of aromatic amines is 1. The van der Waals surface area contributed by atoms with Crippen LogP contribution in [0.5, 0.6) is 0 Å². The molecular formula is C21H21ClN2O7. The van der Waals surface area contributed by atoms with E-state index in [4.69, 9.17) is 23.4 Å². The number of benzene rings is 2. The van der Waals surface area contributed by atoms with Crippen LogP contribution in [0.3, 0.4) is 0 Å². The van der Waals surface area contributed by atoms with E-state index in [9.17, 15) is 9.59 Å². The van der Waals surface area contributed by atoms with Gasteiger partial charge < -0.3 is 4.74 Å². The van der Waals surface area contributed by atoms with E-state index in [1.807, 2.05) is 60.9 Å². The fraction of sp³-hybridized carbons (Fsp3) is 0.190. The highest BCUT2D eigenvalue weighted by atomic mass is 35.7. The van der Waals surface area contributed by atoms with E-state index >= 15 is 0 Å². The molecule has 164 valence electrons. The second-order valence-electron chi connectivity index (χ2n) is 6.30. The first-order valence-corrected chi connectivity index (χ1v) is 10.3. The van der Waals surface area contributed by atoms with E-state index in [2.05, 4.69) is 4.98 Å². The number of halogens is 1. The summed E-state index contributed by atoms with van der Waals surface area (Å²) in [6, 6.07) is 16.7. The molecule has 0 aliphatic carbocycles. The maximum atomic E-state index is 12.7. The molecule has 9 nitrogen and oxygen atoms in total. The fourth-order valence-electron chi connectivity index (χ4n) is 3.20. The monoisotopic (exact) mass is 448 g/mol. The summed E-state index contributed by atoms with van der Waals surface area (Å²) in [4.78, 5) is 27.9. The normalized spacial score (nSPS) is 10.8. The van der Waals surface area contributed by atoms with Crippen LogP contribution in [0.25, 0.3) is 16.8 Å². The molecule has 0 fully saturated rings. The molecule has 0 atom stereocenters. The van der Waals surface area contributed by atoms with E-state index < -0.39 is 16.2 Å². The zero-order valence-electron chi connectivity index (χ0n) is 17.1. The minimum atomic E-state index is -4.94. The number of nitrogens with zero attached hydrogens (tertiary/aromatic N) is 1. The molecule has 0 radical (unpaired) electrons. The molecular weight excluding hydrogens is 428 g/mol. The number of para-hydroxylation sites is 1. The van der Waals surface area contributed by atoms with Crippen molar-refractivity contribution in [3.05, 3.63) is 82.0 Å². The van der Waals surface area contributed by atoms with Gasteiger partial charge in [0.2, 0.25) is 0 Å². The number of methoxy groups -OCH3 is 1. The average Bonchev–Trinajstić information content (AvgIpc) is 2.72. The Morgan fingerprint density at radius 3 is 2.13 bits per heavy atom. The lowest BCUT2D eigenvalue weighted by Crippen LogP contribution is -2.68. The second kappa shape index (κ2) is 10.3. The number of H-pyrrole nitrogens is 1. The Kier molecular flexibility index (Phi) is 8.03. The van der Waals surface area contributed by atoms with Gasteiger partial charge in [0.15, 0.2) is 0 Å². The van der Waals surface area contributed by atoms with Gasteiger partial charge in [0, 0.05) is 6.42 Å². The third-order valence-electron chi connectivity index (χ3n) is 4.40. The van der Waals surface area contributed by atoms with E-state index in [1.54, 1.807) is 12.1 Å². The van der Waals surface area contributed by atoms with Gasteiger partial charge in [0.1, 0.15) is 22.5 Å². The predicted octanol–water partition coefficient (Wildman–Crippen LogP) is -1.78. The summed E-state index contributed by atoms with van der Waals surface area (Å²) in [5.41, 5.74) is 3.18. The molecule has 0 spiro atoms. The van der Waals surface area contributed by atoms with Crippen molar-refractivity contribution in [3.63, 3.8) is 0 Å². The van der Waals surface area contributed by atoms with Gasteiger partial charge in [0.05, 0.1) is 7.11 Å². The van der Waals surface area contributed by atoms with E-state index in [0.29, 0.717) is 23.2 Å². The van der Waals surface area contributed by atoms with Crippen LogP contribution in [0.2, 0.25) is 0 Å². The summed E-state index contributed by atoms with van der Waals surface area (Å²) in [7, 11) is -3.58. The van der Waals surface area contributed by atoms with Crippen molar-refractivity contribution in [1.29, 1.82) is 0 Å². The molecule has 31 heavy (non-hydrogen) atoms. The van der Waals surface area contributed by atoms with E-state index in [-0.39, 0.29) is 5.56 Å². The van der Waals surface area contributed by atoms with Crippen LogP contribution >= 0.6 is 0 Å². The van der Waals surface area contributed by atoms with E-state index in [1.165, 1.54) is 7.11 Å². The number of ether oxygens (including phenoxy) is 1. The highest BCUT2D eigenvalue weighted by molar-refractivity contribution is 5.92. The van der Waals surface area contributed by atoms with E-state index in [0.717, 1.165) is 17.1 Å². The average molecular weight is 449 g/mol. The molecule has 0 bridgehead atoms. The Labute approximate surface area is 180 Å². The Balaban J connectivity index is 0.000000614. The Bertz CT molecular complexity index is 1100. The van der Waals surface area contributed by atoms with Crippen molar-refractivity contribution < 1.29 is 43.0 Å². The zero-order valence-corrected chi connectivity index (χ0v) is 17.8. The first kappa shape index (κ1) is 24.2. The highest BCUT2D eigenvalue weighted by Crippen LogP contribution is 2.19. The highest BCUT2D eigenvalue weighted by Gasteiger charge is 2.25. The number of carbonyl (C=O) groups is 1. The largest absolute Gasteiger partial charge is 0.465 e. The van der Waals surface area contributed by atoms with Crippen molar-refractivity contribution in [2.45, 2.75) is 20.3 Å². The van der Waals surface area contributed by atoms with Crippen LogP contribution in [-0.2, 0) is 11.2 Å². The lowest BCUT2D eigenvalue weighted by atomic mass is 10.0. The summed E-state index contributed by atoms with van der Waals surface area (Å²) >= 11 is 0. The number of aromatic nitrogens is 2. The Morgan fingerprint density at radius 1 is 1.03 bits per heavy atom. The molecule has 3 rings (SSSR count). The molecule has 10 heteroatoms. The number of esters is 1. The van der Waals surface area contributed by atoms with Crippen molar-refractivity contribution in [1.82, 2.24) is 4.98 Å². The van der Waals surface area contributed by atoms with Gasteiger partial charge in [-0.05, 0) is 24.6 Å². The first-order chi connectivity index (χ1) is 14.6. The van der Waals surface area contributed by atoms with Gasteiger partial charge in [-0.3, -0.25) is 0 Å². The summed E-state index contributed by atoms with van der Waals surface area (Å²) < 4.78 is 40.8. The minimum Gasteiger partial charge on any atom is -0.465 e. The zero-order chi connectivity index (χ0) is 23.2. The maximum Gasteiger partial charge on any atom is 0.343 e. The van der Waals surface area contributed by atoms with Crippen molar-refractivity contribution >= 4 is 5.97 Å². The smallest absolute Gasteiger partial charge is 0.343 e. The molecule has 0 unspecified atom stereocenters. The number of rotatable bonds is 4. The third kappa shape index (κ3) is 6.20. The standard InChI is InChI=1S/C21H20N2O3.ClHO4/c1-4-18-22-20(24)19(15-10-6-5-7-11-15)14(2)23(18)17-13-9-8-12-16(17)21(25)26-3;2-1(3,4)5/h5-13H,4H2,1-3H3;(H,2,3,4,5). The van der Waals surface area contributed by atoms with Gasteiger partial charge in [-0.25, -0.2) is 33.2 Å². The second-order valence-corrected chi connectivity index (χ2v) is 7.06. The van der Waals surface area contributed by atoms with Gasteiger partial charge in [-0.15, -0.1) is 10.2 Å². The maximum absolute atomic E-state index is 12.7. The molecule has 2 aromatic carbocycles. The van der Waals surface area contributed by atoms with Gasteiger partial charge in [0.25, 0.3) is 5.82 Å². The number of hydrogen-bond donors (Lipinski definition) is 1. The van der Waals surface area contributed by atoms with Crippen LogP contribution in [-0.4, -0.2) is 18.1 Å². The molecule has 1 N–H and O–H groups in total.